The second kappa shape index (κ2) is 6.38. The first-order valence-corrected chi connectivity index (χ1v) is 6.69. The van der Waals surface area contributed by atoms with Crippen molar-refractivity contribution in [1.82, 2.24) is 10.1 Å². The SMILES string of the molecule is CCCC(OCC)c1noc(-c2ccc(N)cc2O)n1. The first-order chi connectivity index (χ1) is 9.65. The van der Waals surface area contributed by atoms with Crippen LogP contribution < -0.4 is 5.73 Å². The molecule has 0 amide bonds. The van der Waals surface area contributed by atoms with Crippen molar-refractivity contribution in [2.24, 2.45) is 0 Å². The third-order valence-corrected chi connectivity index (χ3v) is 2.90. The molecule has 0 fully saturated rings. The second-order valence-electron chi connectivity index (χ2n) is 4.47. The van der Waals surface area contributed by atoms with Gasteiger partial charge in [0, 0.05) is 18.4 Å². The molecule has 3 N–H and O–H groups in total. The van der Waals surface area contributed by atoms with Crippen LogP contribution in [0.25, 0.3) is 11.5 Å². The van der Waals surface area contributed by atoms with E-state index >= 15 is 0 Å². The summed E-state index contributed by atoms with van der Waals surface area (Å²) in [6, 6.07) is 4.77. The van der Waals surface area contributed by atoms with E-state index in [9.17, 15) is 5.11 Å². The summed E-state index contributed by atoms with van der Waals surface area (Å²) in [5, 5.41) is 13.8. The first kappa shape index (κ1) is 14.3. The molecule has 0 aliphatic rings. The van der Waals surface area contributed by atoms with Crippen molar-refractivity contribution in [3.05, 3.63) is 24.0 Å². The molecule has 20 heavy (non-hydrogen) atoms. The lowest BCUT2D eigenvalue weighted by atomic mass is 10.1. The number of aromatic hydroxyl groups is 1. The highest BCUT2D eigenvalue weighted by atomic mass is 16.5. The highest BCUT2D eigenvalue weighted by molar-refractivity contribution is 5.66. The predicted molar refractivity (Wildman–Crippen MR) is 75.1 cm³/mol. The van der Waals surface area contributed by atoms with Crippen LogP contribution in [0.2, 0.25) is 0 Å². The van der Waals surface area contributed by atoms with Crippen molar-refractivity contribution >= 4 is 5.69 Å². The van der Waals surface area contributed by atoms with Gasteiger partial charge in [0.2, 0.25) is 5.82 Å². The molecule has 6 heteroatoms. The Balaban J connectivity index is 2.27. The number of hydrogen-bond donors (Lipinski definition) is 2. The number of aromatic nitrogens is 2. The van der Waals surface area contributed by atoms with Gasteiger partial charge in [0.1, 0.15) is 11.9 Å². The predicted octanol–water partition coefficient (Wildman–Crippen LogP) is 2.90. The van der Waals surface area contributed by atoms with Gasteiger partial charge < -0.3 is 20.1 Å². The van der Waals surface area contributed by atoms with Crippen LogP contribution in [0, 0.1) is 0 Å². The molecule has 0 spiro atoms. The summed E-state index contributed by atoms with van der Waals surface area (Å²) in [5.74, 6) is 0.780. The zero-order chi connectivity index (χ0) is 14.5. The van der Waals surface area contributed by atoms with Crippen LogP contribution in [0.5, 0.6) is 5.75 Å². The first-order valence-electron chi connectivity index (χ1n) is 6.69. The number of ether oxygens (including phenoxy) is 1. The highest BCUT2D eigenvalue weighted by Gasteiger charge is 2.20. The lowest BCUT2D eigenvalue weighted by Gasteiger charge is -2.11. The molecule has 1 atom stereocenters. The minimum atomic E-state index is -0.182. The van der Waals surface area contributed by atoms with Gasteiger partial charge in [-0.15, -0.1) is 0 Å². The van der Waals surface area contributed by atoms with Crippen molar-refractivity contribution in [2.75, 3.05) is 12.3 Å². The Hall–Kier alpha value is -2.08. The molecule has 1 unspecified atom stereocenters. The van der Waals surface area contributed by atoms with E-state index in [2.05, 4.69) is 17.1 Å². The van der Waals surface area contributed by atoms with Gasteiger partial charge in [-0.3, -0.25) is 0 Å². The summed E-state index contributed by atoms with van der Waals surface area (Å²) in [4.78, 5) is 4.30. The number of benzene rings is 1. The van der Waals surface area contributed by atoms with Gasteiger partial charge in [-0.1, -0.05) is 18.5 Å². The van der Waals surface area contributed by atoms with Gasteiger partial charge in [0.15, 0.2) is 0 Å². The van der Waals surface area contributed by atoms with Crippen LogP contribution in [0.1, 0.15) is 38.6 Å². The average Bonchev–Trinajstić information content (AvgIpc) is 2.88. The van der Waals surface area contributed by atoms with E-state index in [4.69, 9.17) is 15.0 Å². The normalized spacial score (nSPS) is 12.5. The number of phenols is 1. The summed E-state index contributed by atoms with van der Waals surface area (Å²) < 4.78 is 10.8. The summed E-state index contributed by atoms with van der Waals surface area (Å²) in [6.45, 7) is 4.58. The van der Waals surface area contributed by atoms with Crippen molar-refractivity contribution in [1.29, 1.82) is 0 Å². The van der Waals surface area contributed by atoms with E-state index in [1.807, 2.05) is 6.92 Å². The zero-order valence-electron chi connectivity index (χ0n) is 11.7. The molecule has 0 saturated carbocycles. The number of nitrogen functional groups attached to an aromatic ring is 1. The van der Waals surface area contributed by atoms with E-state index < -0.39 is 0 Å². The number of nitrogens with zero attached hydrogens (tertiary/aromatic N) is 2. The van der Waals surface area contributed by atoms with E-state index in [0.29, 0.717) is 23.7 Å². The summed E-state index contributed by atoms with van der Waals surface area (Å²) in [7, 11) is 0. The number of anilines is 1. The Kier molecular flexibility index (Phi) is 4.57. The van der Waals surface area contributed by atoms with Gasteiger partial charge in [-0.2, -0.15) is 4.98 Å². The maximum absolute atomic E-state index is 9.86. The third-order valence-electron chi connectivity index (χ3n) is 2.90. The van der Waals surface area contributed by atoms with Crippen LogP contribution in [0.15, 0.2) is 22.7 Å². The van der Waals surface area contributed by atoms with Gasteiger partial charge in [-0.25, -0.2) is 0 Å². The Morgan fingerprint density at radius 1 is 1.40 bits per heavy atom. The molecule has 1 heterocycles. The monoisotopic (exact) mass is 277 g/mol. The number of hydrogen-bond acceptors (Lipinski definition) is 6. The number of nitrogens with two attached hydrogens (primary N) is 1. The quantitative estimate of drug-likeness (QED) is 0.788. The largest absolute Gasteiger partial charge is 0.507 e. The van der Waals surface area contributed by atoms with Crippen LogP contribution in [-0.4, -0.2) is 21.9 Å². The smallest absolute Gasteiger partial charge is 0.261 e. The van der Waals surface area contributed by atoms with Gasteiger partial charge >= 0.3 is 0 Å². The fourth-order valence-electron chi connectivity index (χ4n) is 1.95. The minimum Gasteiger partial charge on any atom is -0.507 e. The van der Waals surface area contributed by atoms with Gasteiger partial charge in [-0.05, 0) is 25.5 Å². The van der Waals surface area contributed by atoms with Crippen LogP contribution >= 0.6 is 0 Å². The lowest BCUT2D eigenvalue weighted by Crippen LogP contribution is -2.05. The molecule has 0 aliphatic carbocycles. The second-order valence-corrected chi connectivity index (χ2v) is 4.47. The molecule has 1 aromatic heterocycles. The molecular formula is C14H19N3O3. The maximum Gasteiger partial charge on any atom is 0.261 e. The van der Waals surface area contributed by atoms with Crippen LogP contribution in [0.4, 0.5) is 5.69 Å². The molecule has 0 bridgehead atoms. The Morgan fingerprint density at radius 3 is 2.85 bits per heavy atom. The van der Waals surface area contributed by atoms with Crippen LogP contribution in [0.3, 0.4) is 0 Å². The molecule has 0 aliphatic heterocycles. The Bertz CT molecular complexity index is 563. The Morgan fingerprint density at radius 2 is 2.20 bits per heavy atom. The lowest BCUT2D eigenvalue weighted by molar-refractivity contribution is 0.0478. The van der Waals surface area contributed by atoms with E-state index in [0.717, 1.165) is 12.8 Å². The van der Waals surface area contributed by atoms with Crippen molar-refractivity contribution in [2.45, 2.75) is 32.8 Å². The van der Waals surface area contributed by atoms with Crippen molar-refractivity contribution in [3.8, 4) is 17.2 Å². The summed E-state index contributed by atoms with van der Waals surface area (Å²) in [5.41, 5.74) is 6.53. The molecule has 1 aromatic carbocycles. The topological polar surface area (TPSA) is 94.4 Å². The maximum atomic E-state index is 9.86. The fraction of sp³-hybridized carbons (Fsp3) is 0.429. The average molecular weight is 277 g/mol. The van der Waals surface area contributed by atoms with E-state index in [-0.39, 0.29) is 17.7 Å². The van der Waals surface area contributed by atoms with E-state index in [1.54, 1.807) is 12.1 Å². The third kappa shape index (κ3) is 3.08. The van der Waals surface area contributed by atoms with Crippen molar-refractivity contribution < 1.29 is 14.4 Å². The highest BCUT2D eigenvalue weighted by Crippen LogP contribution is 2.31. The van der Waals surface area contributed by atoms with Gasteiger partial charge in [0.25, 0.3) is 5.89 Å². The summed E-state index contributed by atoms with van der Waals surface area (Å²) >= 11 is 0. The molecule has 2 aromatic rings. The zero-order valence-corrected chi connectivity index (χ0v) is 11.7. The molecule has 108 valence electrons. The fourth-order valence-corrected chi connectivity index (χ4v) is 1.95. The van der Waals surface area contributed by atoms with Crippen LogP contribution in [-0.2, 0) is 4.74 Å². The number of rotatable bonds is 6. The molecular weight excluding hydrogens is 258 g/mol. The van der Waals surface area contributed by atoms with Gasteiger partial charge in [0.05, 0.1) is 5.56 Å². The summed E-state index contributed by atoms with van der Waals surface area (Å²) in [6.07, 6.45) is 1.60. The number of phenolic OH excluding ortho intramolecular Hbond substituents is 1. The molecule has 0 saturated heterocycles. The minimum absolute atomic E-state index is 0.0173. The Labute approximate surface area is 117 Å². The molecule has 2 rings (SSSR count). The van der Waals surface area contributed by atoms with Crippen molar-refractivity contribution in [3.63, 3.8) is 0 Å². The molecule has 0 radical (unpaired) electrons. The van der Waals surface area contributed by atoms with E-state index in [1.165, 1.54) is 6.07 Å². The molecule has 6 nitrogen and oxygen atoms in total. The standard InChI is InChI=1S/C14H19N3O3/c1-3-5-12(19-4-2)13-16-14(20-17-13)10-7-6-9(15)8-11(10)18/h6-8,12,18H,3-5,15H2,1-2H3.